The summed E-state index contributed by atoms with van der Waals surface area (Å²) in [5.74, 6) is 0.544. The molecule has 7 aromatic carbocycles. The SMILES string of the molecule is C=C(C)C.CNCCOC=O.O=COc1ccc2cc(C3(c4ccc5ccccc5c4)c4ccccc4-c4cc5ccccc5cc43)ccc2c1. The highest BCUT2D eigenvalue weighted by Crippen LogP contribution is 2.57. The molecule has 1 aliphatic rings. The van der Waals surface area contributed by atoms with Crippen molar-refractivity contribution in [1.29, 1.82) is 0 Å². The highest BCUT2D eigenvalue weighted by molar-refractivity contribution is 5.97. The number of carbonyl (C=O) groups is 2. The van der Waals surface area contributed by atoms with Crippen molar-refractivity contribution in [3.8, 4) is 16.9 Å². The lowest BCUT2D eigenvalue weighted by Gasteiger charge is -2.34. The summed E-state index contributed by atoms with van der Waals surface area (Å²) in [6.07, 6.45) is 0. The minimum Gasteiger partial charge on any atom is -0.467 e. The third-order valence-corrected chi connectivity index (χ3v) is 9.06. The second-order valence-corrected chi connectivity index (χ2v) is 12.8. The van der Waals surface area contributed by atoms with E-state index < -0.39 is 5.41 Å². The van der Waals surface area contributed by atoms with Crippen LogP contribution in [0.25, 0.3) is 43.4 Å². The average Bonchev–Trinajstić information content (AvgIpc) is 3.44. The van der Waals surface area contributed by atoms with Crippen molar-refractivity contribution >= 4 is 45.3 Å². The zero-order valence-electron chi connectivity index (χ0n) is 29.2. The molecule has 0 aliphatic heterocycles. The molecule has 1 atom stereocenters. The van der Waals surface area contributed by atoms with Gasteiger partial charge in [0.2, 0.25) is 0 Å². The fraction of sp³-hybridized carbons (Fsp3) is 0.130. The van der Waals surface area contributed by atoms with Crippen LogP contribution in [-0.2, 0) is 19.7 Å². The molecule has 0 fully saturated rings. The van der Waals surface area contributed by atoms with Crippen molar-refractivity contribution in [2.24, 2.45) is 0 Å². The van der Waals surface area contributed by atoms with E-state index >= 15 is 0 Å². The van der Waals surface area contributed by atoms with Crippen molar-refractivity contribution in [3.63, 3.8) is 0 Å². The molecule has 0 saturated heterocycles. The van der Waals surface area contributed by atoms with Gasteiger partial charge in [0.15, 0.2) is 0 Å². The first-order valence-corrected chi connectivity index (χ1v) is 17.0. The Balaban J connectivity index is 0.000000358. The topological polar surface area (TPSA) is 64.6 Å². The molecule has 7 aromatic rings. The third kappa shape index (κ3) is 7.03. The maximum Gasteiger partial charge on any atom is 0.298 e. The van der Waals surface area contributed by atoms with Gasteiger partial charge in [-0.25, -0.2) is 0 Å². The molecule has 1 unspecified atom stereocenters. The smallest absolute Gasteiger partial charge is 0.298 e. The van der Waals surface area contributed by atoms with Gasteiger partial charge in [0.25, 0.3) is 12.9 Å². The second kappa shape index (κ2) is 15.7. The van der Waals surface area contributed by atoms with Crippen LogP contribution in [0.15, 0.2) is 152 Å². The van der Waals surface area contributed by atoms with Crippen LogP contribution in [0.4, 0.5) is 0 Å². The zero-order chi connectivity index (χ0) is 35.8. The van der Waals surface area contributed by atoms with Gasteiger partial charge in [-0.3, -0.25) is 9.59 Å². The van der Waals surface area contributed by atoms with Crippen LogP contribution in [0.2, 0.25) is 0 Å². The van der Waals surface area contributed by atoms with Gasteiger partial charge < -0.3 is 14.8 Å². The van der Waals surface area contributed by atoms with Gasteiger partial charge in [-0.15, -0.1) is 6.58 Å². The number of rotatable bonds is 8. The van der Waals surface area contributed by atoms with E-state index in [2.05, 4.69) is 138 Å². The lowest BCUT2D eigenvalue weighted by molar-refractivity contribution is -0.128. The number of ether oxygens (including phenoxy) is 2. The number of likely N-dealkylation sites (N-methyl/N-ethyl adjacent to an activating group) is 1. The van der Waals surface area contributed by atoms with Crippen LogP contribution in [0.5, 0.6) is 5.75 Å². The van der Waals surface area contributed by atoms with Gasteiger partial charge in [-0.2, -0.15) is 0 Å². The Morgan fingerprint density at radius 1 is 0.608 bits per heavy atom. The van der Waals surface area contributed by atoms with Crippen LogP contribution >= 0.6 is 0 Å². The molecule has 51 heavy (non-hydrogen) atoms. The standard InChI is InChI=1S/C38H24O2.C4H9NO2.C4H8/c39-24-40-33-18-15-29-20-32(17-14-30(29)21-33)38(31-16-13-25-7-1-2-8-26(25)19-31)36-12-6-5-11-34(36)35-22-27-9-3-4-10-28(27)23-37(35)38;1-5-2-3-7-4-6;1-4(2)3/h1-24H;4-5H,2-3H2,1H3;1H2,2-3H3. The molecule has 5 nitrogen and oxygen atoms in total. The molecule has 0 amide bonds. The molecule has 0 saturated carbocycles. The van der Waals surface area contributed by atoms with Crippen LogP contribution in [0.1, 0.15) is 36.1 Å². The van der Waals surface area contributed by atoms with Crippen LogP contribution < -0.4 is 10.1 Å². The first kappa shape index (κ1) is 34.8. The number of fused-ring (bicyclic) bond motifs is 6. The number of hydrogen-bond acceptors (Lipinski definition) is 5. The summed E-state index contributed by atoms with van der Waals surface area (Å²) in [5, 5.41) is 9.88. The number of hydrogen-bond donors (Lipinski definition) is 1. The largest absolute Gasteiger partial charge is 0.467 e. The second-order valence-electron chi connectivity index (χ2n) is 12.8. The van der Waals surface area contributed by atoms with E-state index in [-0.39, 0.29) is 0 Å². The molecular formula is C46H41NO4. The van der Waals surface area contributed by atoms with E-state index in [1.54, 1.807) is 7.05 Å². The predicted molar refractivity (Wildman–Crippen MR) is 209 cm³/mol. The average molecular weight is 672 g/mol. The summed E-state index contributed by atoms with van der Waals surface area (Å²) in [4.78, 5) is 20.4. The maximum atomic E-state index is 10.9. The van der Waals surface area contributed by atoms with E-state index in [4.69, 9.17) is 4.74 Å². The molecule has 0 spiro atoms. The molecule has 0 bridgehead atoms. The van der Waals surface area contributed by atoms with Gasteiger partial charge in [-0.1, -0.05) is 109 Å². The monoisotopic (exact) mass is 671 g/mol. The Morgan fingerprint density at radius 2 is 1.14 bits per heavy atom. The van der Waals surface area contributed by atoms with Gasteiger partial charge in [-0.05, 0) is 123 Å². The molecule has 0 heterocycles. The van der Waals surface area contributed by atoms with Crippen molar-refractivity contribution in [2.75, 3.05) is 20.2 Å². The van der Waals surface area contributed by atoms with E-state index in [1.807, 2.05) is 32.0 Å². The Hall–Kier alpha value is -6.04. The molecule has 8 rings (SSSR count). The molecule has 1 aliphatic carbocycles. The summed E-state index contributed by atoms with van der Waals surface area (Å²) in [6, 6.07) is 50.2. The summed E-state index contributed by atoms with van der Waals surface area (Å²) < 4.78 is 9.46. The lowest BCUT2D eigenvalue weighted by atomic mass is 9.67. The summed E-state index contributed by atoms with van der Waals surface area (Å²) in [7, 11) is 1.80. The first-order chi connectivity index (χ1) is 24.9. The molecule has 5 heteroatoms. The van der Waals surface area contributed by atoms with Gasteiger partial charge in [0.05, 0.1) is 5.41 Å². The van der Waals surface area contributed by atoms with Gasteiger partial charge >= 0.3 is 0 Å². The summed E-state index contributed by atoms with van der Waals surface area (Å²) >= 11 is 0. The zero-order valence-corrected chi connectivity index (χ0v) is 29.2. The number of allylic oxidation sites excluding steroid dienone is 1. The fourth-order valence-electron chi connectivity index (χ4n) is 6.97. The summed E-state index contributed by atoms with van der Waals surface area (Å²) in [6.45, 7) is 9.59. The van der Waals surface area contributed by atoms with Crippen molar-refractivity contribution < 1.29 is 19.1 Å². The molecule has 0 radical (unpaired) electrons. The Kier molecular flexibility index (Phi) is 10.7. The normalized spacial score (nSPS) is 13.9. The molecule has 0 aromatic heterocycles. The minimum absolute atomic E-state index is 0.442. The van der Waals surface area contributed by atoms with Crippen LogP contribution in [0, 0.1) is 0 Å². The fourth-order valence-corrected chi connectivity index (χ4v) is 6.97. The highest BCUT2D eigenvalue weighted by Gasteiger charge is 2.46. The van der Waals surface area contributed by atoms with Crippen LogP contribution in [0.3, 0.4) is 0 Å². The van der Waals surface area contributed by atoms with Gasteiger partial charge in [0, 0.05) is 6.54 Å². The molecule has 254 valence electrons. The number of nitrogens with one attached hydrogen (secondary N) is 1. The third-order valence-electron chi connectivity index (χ3n) is 9.06. The van der Waals surface area contributed by atoms with E-state index in [0.29, 0.717) is 25.3 Å². The first-order valence-electron chi connectivity index (χ1n) is 17.0. The van der Waals surface area contributed by atoms with Crippen molar-refractivity contribution in [1.82, 2.24) is 5.32 Å². The van der Waals surface area contributed by atoms with Gasteiger partial charge in [0.1, 0.15) is 12.4 Å². The Labute approximate surface area is 299 Å². The van der Waals surface area contributed by atoms with E-state index in [9.17, 15) is 9.59 Å². The maximum absolute atomic E-state index is 10.9. The Morgan fingerprint density at radius 3 is 1.78 bits per heavy atom. The van der Waals surface area contributed by atoms with E-state index in [0.717, 1.165) is 17.3 Å². The number of carbonyl (C=O) groups excluding carboxylic acids is 2. The van der Waals surface area contributed by atoms with E-state index in [1.165, 1.54) is 60.5 Å². The Bertz CT molecular complexity index is 2360. The number of benzene rings is 7. The predicted octanol–water partition coefficient (Wildman–Crippen LogP) is 10.0. The quantitative estimate of drug-likeness (QED) is 0.0990. The molecule has 1 N–H and O–H groups in total. The molecular weight excluding hydrogens is 631 g/mol. The lowest BCUT2D eigenvalue weighted by Crippen LogP contribution is -2.28. The van der Waals surface area contributed by atoms with Crippen molar-refractivity contribution in [3.05, 3.63) is 174 Å². The highest BCUT2D eigenvalue weighted by atomic mass is 16.5. The van der Waals surface area contributed by atoms with Crippen LogP contribution in [-0.4, -0.2) is 33.1 Å². The van der Waals surface area contributed by atoms with Crippen molar-refractivity contribution in [2.45, 2.75) is 19.3 Å². The minimum atomic E-state index is -0.508. The summed E-state index contributed by atoms with van der Waals surface area (Å²) in [5.41, 5.74) is 8.24.